The average Bonchev–Trinajstić information content (AvgIpc) is 2.88. The minimum atomic E-state index is 0.102. The van der Waals surface area contributed by atoms with Gasteiger partial charge in [0.05, 0.1) is 6.42 Å². The standard InChI is InChI=1S/C14H16N2O2S/c1-3-11(17)9-13-15-14(16-18-13)10-5-7-12(8-6-10)19-4-2/h5-8H,3-4,9H2,1-2H3. The summed E-state index contributed by atoms with van der Waals surface area (Å²) in [5.41, 5.74) is 0.902. The maximum Gasteiger partial charge on any atom is 0.234 e. The lowest BCUT2D eigenvalue weighted by Gasteiger charge is -1.98. The van der Waals surface area contributed by atoms with Crippen LogP contribution in [0, 0.1) is 0 Å². The highest BCUT2D eigenvalue weighted by Gasteiger charge is 2.11. The number of benzene rings is 1. The van der Waals surface area contributed by atoms with Gasteiger partial charge in [0, 0.05) is 16.9 Å². The third-order valence-electron chi connectivity index (χ3n) is 2.63. The molecule has 1 aromatic carbocycles. The predicted molar refractivity (Wildman–Crippen MR) is 75.1 cm³/mol. The van der Waals surface area contributed by atoms with E-state index in [0.29, 0.717) is 18.1 Å². The minimum Gasteiger partial charge on any atom is -0.339 e. The molecule has 2 aromatic rings. The zero-order valence-electron chi connectivity index (χ0n) is 11.0. The van der Waals surface area contributed by atoms with E-state index in [-0.39, 0.29) is 12.2 Å². The van der Waals surface area contributed by atoms with Crippen LogP contribution in [0.1, 0.15) is 26.2 Å². The van der Waals surface area contributed by atoms with Crippen molar-refractivity contribution in [2.24, 2.45) is 0 Å². The topological polar surface area (TPSA) is 56.0 Å². The Bertz CT molecular complexity index is 549. The Morgan fingerprint density at radius 3 is 2.63 bits per heavy atom. The smallest absolute Gasteiger partial charge is 0.234 e. The number of aromatic nitrogens is 2. The van der Waals surface area contributed by atoms with Gasteiger partial charge in [0.1, 0.15) is 5.78 Å². The number of carbonyl (C=O) groups is 1. The molecule has 1 heterocycles. The number of ketones is 1. The van der Waals surface area contributed by atoms with Crippen LogP contribution in [-0.4, -0.2) is 21.7 Å². The molecule has 0 N–H and O–H groups in total. The second-order valence-electron chi connectivity index (χ2n) is 4.04. The molecule has 2 rings (SSSR count). The van der Waals surface area contributed by atoms with Crippen molar-refractivity contribution in [3.05, 3.63) is 30.2 Å². The molecule has 0 fully saturated rings. The number of rotatable bonds is 6. The van der Waals surface area contributed by atoms with Gasteiger partial charge in [-0.1, -0.05) is 19.0 Å². The molecule has 0 saturated carbocycles. The highest BCUT2D eigenvalue weighted by atomic mass is 32.2. The molecule has 0 saturated heterocycles. The first kappa shape index (κ1) is 13.8. The van der Waals surface area contributed by atoms with E-state index in [9.17, 15) is 4.79 Å². The van der Waals surface area contributed by atoms with Crippen LogP contribution >= 0.6 is 11.8 Å². The van der Waals surface area contributed by atoms with Gasteiger partial charge in [-0.3, -0.25) is 4.79 Å². The van der Waals surface area contributed by atoms with E-state index in [1.54, 1.807) is 11.8 Å². The summed E-state index contributed by atoms with van der Waals surface area (Å²) >= 11 is 1.79. The largest absolute Gasteiger partial charge is 0.339 e. The van der Waals surface area contributed by atoms with Crippen LogP contribution in [0.2, 0.25) is 0 Å². The van der Waals surface area contributed by atoms with Gasteiger partial charge in [-0.05, 0) is 30.0 Å². The number of carbonyl (C=O) groups excluding carboxylic acids is 1. The molecule has 5 heteroatoms. The third kappa shape index (κ3) is 3.67. The van der Waals surface area contributed by atoms with Gasteiger partial charge in [0.25, 0.3) is 0 Å². The summed E-state index contributed by atoms with van der Waals surface area (Å²) in [6, 6.07) is 8.01. The number of nitrogens with zero attached hydrogens (tertiary/aromatic N) is 2. The maximum absolute atomic E-state index is 11.3. The monoisotopic (exact) mass is 276 g/mol. The molecule has 0 unspecified atom stereocenters. The molecule has 0 bridgehead atoms. The Hall–Kier alpha value is -1.62. The van der Waals surface area contributed by atoms with Crippen molar-refractivity contribution in [2.45, 2.75) is 31.6 Å². The molecule has 0 spiro atoms. The van der Waals surface area contributed by atoms with Crippen molar-refractivity contribution < 1.29 is 9.32 Å². The third-order valence-corrected chi connectivity index (χ3v) is 3.53. The summed E-state index contributed by atoms with van der Waals surface area (Å²) in [7, 11) is 0. The van der Waals surface area contributed by atoms with E-state index in [4.69, 9.17) is 4.52 Å². The number of hydrogen-bond donors (Lipinski definition) is 0. The molecule has 0 atom stereocenters. The van der Waals surface area contributed by atoms with Crippen LogP contribution < -0.4 is 0 Å². The average molecular weight is 276 g/mol. The van der Waals surface area contributed by atoms with E-state index < -0.39 is 0 Å². The second-order valence-corrected chi connectivity index (χ2v) is 5.38. The molecule has 4 nitrogen and oxygen atoms in total. The molecule has 0 aliphatic rings. The van der Waals surface area contributed by atoms with Crippen LogP contribution in [0.3, 0.4) is 0 Å². The SMILES string of the molecule is CCSc1ccc(-c2noc(CC(=O)CC)n2)cc1. The molecule has 0 aliphatic heterocycles. The Kier molecular flexibility index (Phi) is 4.74. The summed E-state index contributed by atoms with van der Waals surface area (Å²) in [6.07, 6.45) is 0.702. The van der Waals surface area contributed by atoms with Crippen molar-refractivity contribution in [2.75, 3.05) is 5.75 Å². The molecule has 0 radical (unpaired) electrons. The number of hydrogen-bond acceptors (Lipinski definition) is 5. The van der Waals surface area contributed by atoms with Crippen LogP contribution in [0.5, 0.6) is 0 Å². The first-order chi connectivity index (χ1) is 9.22. The Balaban J connectivity index is 2.11. The molecular formula is C14H16N2O2S. The summed E-state index contributed by atoms with van der Waals surface area (Å²) in [5.74, 6) is 2.07. The van der Waals surface area contributed by atoms with Crippen molar-refractivity contribution in [1.82, 2.24) is 10.1 Å². The van der Waals surface area contributed by atoms with Crippen molar-refractivity contribution in [3.63, 3.8) is 0 Å². The highest BCUT2D eigenvalue weighted by Crippen LogP contribution is 2.22. The first-order valence-electron chi connectivity index (χ1n) is 6.30. The lowest BCUT2D eigenvalue weighted by atomic mass is 10.2. The van der Waals surface area contributed by atoms with Crippen molar-refractivity contribution in [1.29, 1.82) is 0 Å². The Labute approximate surface area is 116 Å². The van der Waals surface area contributed by atoms with Gasteiger partial charge in [0.2, 0.25) is 11.7 Å². The van der Waals surface area contributed by atoms with Crippen LogP contribution in [0.25, 0.3) is 11.4 Å². The summed E-state index contributed by atoms with van der Waals surface area (Å²) in [4.78, 5) is 16.8. The molecule has 0 amide bonds. The summed E-state index contributed by atoms with van der Waals surface area (Å²) in [6.45, 7) is 3.94. The molecule has 19 heavy (non-hydrogen) atoms. The fourth-order valence-corrected chi connectivity index (χ4v) is 2.27. The first-order valence-corrected chi connectivity index (χ1v) is 7.29. The maximum atomic E-state index is 11.3. The predicted octanol–water partition coefficient (Wildman–Crippen LogP) is 3.37. The van der Waals surface area contributed by atoms with Crippen molar-refractivity contribution >= 4 is 17.5 Å². The van der Waals surface area contributed by atoms with Gasteiger partial charge in [-0.2, -0.15) is 4.98 Å². The molecule has 1 aromatic heterocycles. The Morgan fingerprint density at radius 1 is 1.26 bits per heavy atom. The van der Waals surface area contributed by atoms with Crippen molar-refractivity contribution in [3.8, 4) is 11.4 Å². The normalized spacial score (nSPS) is 10.6. The summed E-state index contributed by atoms with van der Waals surface area (Å²) < 4.78 is 5.08. The van der Waals surface area contributed by atoms with E-state index >= 15 is 0 Å². The number of Topliss-reactive ketones (excluding diaryl/α,β-unsaturated/α-hetero) is 1. The van der Waals surface area contributed by atoms with Crippen LogP contribution in [0.4, 0.5) is 0 Å². The van der Waals surface area contributed by atoms with Crippen LogP contribution in [-0.2, 0) is 11.2 Å². The summed E-state index contributed by atoms with van der Waals surface area (Å²) in [5, 5.41) is 3.90. The zero-order valence-corrected chi connectivity index (χ0v) is 11.9. The fourth-order valence-electron chi connectivity index (χ4n) is 1.60. The lowest BCUT2D eigenvalue weighted by Crippen LogP contribution is -2.00. The number of thioether (sulfide) groups is 1. The molecular weight excluding hydrogens is 260 g/mol. The van der Waals surface area contributed by atoms with E-state index in [1.807, 2.05) is 31.2 Å². The lowest BCUT2D eigenvalue weighted by molar-refractivity contribution is -0.118. The quantitative estimate of drug-likeness (QED) is 0.757. The van der Waals surface area contributed by atoms with E-state index in [2.05, 4.69) is 17.1 Å². The van der Waals surface area contributed by atoms with E-state index in [0.717, 1.165) is 11.3 Å². The molecule has 100 valence electrons. The highest BCUT2D eigenvalue weighted by molar-refractivity contribution is 7.99. The minimum absolute atomic E-state index is 0.102. The van der Waals surface area contributed by atoms with Gasteiger partial charge < -0.3 is 4.52 Å². The fraction of sp³-hybridized carbons (Fsp3) is 0.357. The zero-order chi connectivity index (χ0) is 13.7. The van der Waals surface area contributed by atoms with E-state index in [1.165, 1.54) is 4.90 Å². The van der Waals surface area contributed by atoms with Gasteiger partial charge >= 0.3 is 0 Å². The van der Waals surface area contributed by atoms with Gasteiger partial charge in [0.15, 0.2) is 0 Å². The molecule has 0 aliphatic carbocycles. The van der Waals surface area contributed by atoms with Crippen LogP contribution in [0.15, 0.2) is 33.7 Å². The van der Waals surface area contributed by atoms with Gasteiger partial charge in [-0.15, -0.1) is 11.8 Å². The van der Waals surface area contributed by atoms with Gasteiger partial charge in [-0.25, -0.2) is 0 Å². The Morgan fingerprint density at radius 2 is 2.00 bits per heavy atom. The second kappa shape index (κ2) is 6.52.